The topological polar surface area (TPSA) is 68.7 Å². The first-order valence-corrected chi connectivity index (χ1v) is 10.8. The molecule has 2 N–H and O–H groups in total. The van der Waals surface area contributed by atoms with E-state index in [0.29, 0.717) is 6.04 Å². The largest absolute Gasteiger partial charge is 0.355 e. The normalized spacial score (nSPS) is 24.7. The lowest BCUT2D eigenvalue weighted by molar-refractivity contribution is 0.260. The summed E-state index contributed by atoms with van der Waals surface area (Å²) in [5.41, 5.74) is 0. The molecule has 0 spiro atoms. The summed E-state index contributed by atoms with van der Waals surface area (Å²) in [5, 5.41) is 7.85. The van der Waals surface area contributed by atoms with Crippen LogP contribution in [-0.2, 0) is 0 Å². The van der Waals surface area contributed by atoms with Gasteiger partial charge in [-0.15, -0.1) is 0 Å². The summed E-state index contributed by atoms with van der Waals surface area (Å²) in [7, 11) is 1.86. The minimum atomic E-state index is 0.563. The molecule has 1 saturated carbocycles. The molecule has 2 unspecified atom stereocenters. The summed E-state index contributed by atoms with van der Waals surface area (Å²) in [4.78, 5) is 17.8. The van der Waals surface area contributed by atoms with Gasteiger partial charge >= 0.3 is 0 Å². The number of nitrogens with one attached hydrogen (secondary N) is 2. The summed E-state index contributed by atoms with van der Waals surface area (Å²) in [6.07, 6.45) is 9.63. The minimum Gasteiger partial charge on any atom is -0.355 e. The fourth-order valence-corrected chi connectivity index (χ4v) is 4.43. The molecule has 1 aromatic rings. The number of hydrogen-bond donors (Lipinski definition) is 2. The molecule has 3 rings (SSSR count). The van der Waals surface area contributed by atoms with Crippen LogP contribution in [0.2, 0.25) is 0 Å². The molecule has 0 radical (unpaired) electrons. The van der Waals surface area contributed by atoms with E-state index in [4.69, 9.17) is 0 Å². The van der Waals surface area contributed by atoms with Crippen LogP contribution in [0, 0.1) is 0 Å². The van der Waals surface area contributed by atoms with Gasteiger partial charge in [0.1, 0.15) is 0 Å². The van der Waals surface area contributed by atoms with Gasteiger partial charge in [-0.05, 0) is 31.6 Å². The van der Waals surface area contributed by atoms with Crippen molar-refractivity contribution < 1.29 is 0 Å². The predicted octanol–water partition coefficient (Wildman–Crippen LogP) is 1.05. The quantitative estimate of drug-likeness (QED) is 0.567. The van der Waals surface area contributed by atoms with Crippen LogP contribution in [-0.4, -0.2) is 84.7 Å². The number of piperazine rings is 1. The van der Waals surface area contributed by atoms with Crippen molar-refractivity contribution in [2.45, 2.75) is 30.6 Å². The third-order valence-electron chi connectivity index (χ3n) is 5.21. The van der Waals surface area contributed by atoms with E-state index in [9.17, 15) is 0 Å². The van der Waals surface area contributed by atoms with E-state index >= 15 is 0 Å². The molecule has 1 aliphatic heterocycles. The molecule has 1 aliphatic carbocycles. The highest BCUT2D eigenvalue weighted by Gasteiger charge is 2.24. The summed E-state index contributed by atoms with van der Waals surface area (Å²) < 4.78 is 0. The van der Waals surface area contributed by atoms with Gasteiger partial charge in [0.2, 0.25) is 5.95 Å². The first-order chi connectivity index (χ1) is 12.8. The fourth-order valence-electron chi connectivity index (χ4n) is 3.63. The number of thioether (sulfide) groups is 1. The number of aromatic nitrogens is 2. The molecule has 0 aromatic carbocycles. The molecule has 1 saturated heterocycles. The van der Waals surface area contributed by atoms with Gasteiger partial charge < -0.3 is 15.5 Å². The Morgan fingerprint density at radius 3 is 2.65 bits per heavy atom. The summed E-state index contributed by atoms with van der Waals surface area (Å²) in [6, 6.07) is 2.42. The van der Waals surface area contributed by atoms with E-state index in [1.807, 2.05) is 37.3 Å². The van der Waals surface area contributed by atoms with Crippen molar-refractivity contribution in [3.8, 4) is 0 Å². The molecule has 0 amide bonds. The van der Waals surface area contributed by atoms with Crippen LogP contribution in [0.25, 0.3) is 0 Å². The van der Waals surface area contributed by atoms with Crippen molar-refractivity contribution in [2.75, 3.05) is 57.5 Å². The molecule has 26 heavy (non-hydrogen) atoms. The summed E-state index contributed by atoms with van der Waals surface area (Å²) >= 11 is 1.99. The molecule has 2 atom stereocenters. The van der Waals surface area contributed by atoms with Crippen molar-refractivity contribution in [2.24, 2.45) is 4.99 Å². The third kappa shape index (κ3) is 5.48. The third-order valence-corrected chi connectivity index (χ3v) is 6.30. The minimum absolute atomic E-state index is 0.563. The van der Waals surface area contributed by atoms with Gasteiger partial charge in [-0.25, -0.2) is 9.97 Å². The Balaban J connectivity index is 1.33. The average molecular weight is 378 g/mol. The number of aliphatic imine (C=N–C) groups is 1. The lowest BCUT2D eigenvalue weighted by Gasteiger charge is -2.34. The Kier molecular flexibility index (Phi) is 7.37. The van der Waals surface area contributed by atoms with Crippen molar-refractivity contribution in [3.05, 3.63) is 18.5 Å². The van der Waals surface area contributed by atoms with E-state index < -0.39 is 0 Å². The molecule has 2 aliphatic rings. The second kappa shape index (κ2) is 9.97. The zero-order valence-corrected chi connectivity index (χ0v) is 16.7. The smallest absolute Gasteiger partial charge is 0.225 e. The van der Waals surface area contributed by atoms with Crippen LogP contribution in [0.5, 0.6) is 0 Å². The predicted molar refractivity (Wildman–Crippen MR) is 110 cm³/mol. The van der Waals surface area contributed by atoms with Crippen LogP contribution >= 0.6 is 11.8 Å². The van der Waals surface area contributed by atoms with Crippen LogP contribution in [0.15, 0.2) is 23.5 Å². The number of anilines is 1. The van der Waals surface area contributed by atoms with Gasteiger partial charge in [-0.2, -0.15) is 11.8 Å². The lowest BCUT2D eigenvalue weighted by atomic mass is 10.2. The Labute approximate surface area is 161 Å². The number of hydrogen-bond acceptors (Lipinski definition) is 6. The van der Waals surface area contributed by atoms with Crippen molar-refractivity contribution in [1.82, 2.24) is 25.5 Å². The van der Waals surface area contributed by atoms with Gasteiger partial charge in [0.15, 0.2) is 5.96 Å². The number of nitrogens with zero attached hydrogens (tertiary/aromatic N) is 5. The van der Waals surface area contributed by atoms with Gasteiger partial charge in [0.25, 0.3) is 0 Å². The number of rotatable bonds is 6. The maximum atomic E-state index is 4.38. The average Bonchev–Trinajstić information content (AvgIpc) is 3.16. The Morgan fingerprint density at radius 2 is 2.00 bits per heavy atom. The monoisotopic (exact) mass is 377 g/mol. The van der Waals surface area contributed by atoms with E-state index in [1.54, 1.807) is 0 Å². The summed E-state index contributed by atoms with van der Waals surface area (Å²) in [5.74, 6) is 1.78. The van der Waals surface area contributed by atoms with E-state index in [0.717, 1.165) is 56.4 Å². The van der Waals surface area contributed by atoms with Crippen molar-refractivity contribution in [3.63, 3.8) is 0 Å². The standard InChI is InChI=1S/C18H31N7S/c1-19-17(23-15-4-5-16(14-15)26-2)20-8-9-24-10-12-25(13-11-24)18-21-6-3-7-22-18/h3,6-7,15-16H,4-5,8-14H2,1-2H3,(H2,19,20,23). The maximum absolute atomic E-state index is 4.38. The molecular weight excluding hydrogens is 346 g/mol. The van der Waals surface area contributed by atoms with Crippen LogP contribution < -0.4 is 15.5 Å². The Hall–Kier alpha value is -1.54. The first-order valence-electron chi connectivity index (χ1n) is 9.53. The molecule has 2 fully saturated rings. The van der Waals surface area contributed by atoms with Crippen LogP contribution in [0.1, 0.15) is 19.3 Å². The highest BCUT2D eigenvalue weighted by atomic mass is 32.2. The molecule has 144 valence electrons. The first kappa shape index (κ1) is 19.2. The SMILES string of the molecule is CN=C(NCCN1CCN(c2ncccn2)CC1)NC1CCC(SC)C1. The van der Waals surface area contributed by atoms with E-state index in [2.05, 4.69) is 41.6 Å². The fraction of sp³-hybridized carbons (Fsp3) is 0.722. The Morgan fingerprint density at radius 1 is 1.23 bits per heavy atom. The maximum Gasteiger partial charge on any atom is 0.225 e. The van der Waals surface area contributed by atoms with E-state index in [1.165, 1.54) is 19.3 Å². The van der Waals surface area contributed by atoms with Gasteiger partial charge in [0, 0.05) is 70.0 Å². The highest BCUT2D eigenvalue weighted by Crippen LogP contribution is 2.27. The molecule has 2 heterocycles. The highest BCUT2D eigenvalue weighted by molar-refractivity contribution is 7.99. The zero-order chi connectivity index (χ0) is 18.2. The Bertz CT molecular complexity index is 560. The van der Waals surface area contributed by atoms with E-state index in [-0.39, 0.29) is 0 Å². The second-order valence-electron chi connectivity index (χ2n) is 6.89. The summed E-state index contributed by atoms with van der Waals surface area (Å²) in [6.45, 7) is 6.00. The number of guanidine groups is 1. The van der Waals surface area contributed by atoms with Crippen LogP contribution in [0.3, 0.4) is 0 Å². The van der Waals surface area contributed by atoms with Gasteiger partial charge in [-0.3, -0.25) is 9.89 Å². The van der Waals surface area contributed by atoms with Crippen molar-refractivity contribution >= 4 is 23.7 Å². The molecule has 1 aromatic heterocycles. The molecular formula is C18H31N7S. The lowest BCUT2D eigenvalue weighted by Crippen LogP contribution is -2.50. The van der Waals surface area contributed by atoms with Gasteiger partial charge in [0.05, 0.1) is 0 Å². The molecule has 8 heteroatoms. The molecule has 0 bridgehead atoms. The second-order valence-corrected chi connectivity index (χ2v) is 8.03. The zero-order valence-electron chi connectivity index (χ0n) is 15.9. The van der Waals surface area contributed by atoms with Crippen LogP contribution in [0.4, 0.5) is 5.95 Å². The molecule has 7 nitrogen and oxygen atoms in total. The van der Waals surface area contributed by atoms with Gasteiger partial charge in [-0.1, -0.05) is 0 Å². The van der Waals surface area contributed by atoms with Crippen molar-refractivity contribution in [1.29, 1.82) is 0 Å².